The van der Waals surface area contributed by atoms with Gasteiger partial charge < -0.3 is 24.1 Å². The average molecular weight is 503 g/mol. The lowest BCUT2D eigenvalue weighted by atomic mass is 10.1. The Bertz CT molecular complexity index is 1630. The summed E-state index contributed by atoms with van der Waals surface area (Å²) in [5.41, 5.74) is 1.94. The van der Waals surface area contributed by atoms with Crippen molar-refractivity contribution in [3.05, 3.63) is 69.9 Å². The van der Waals surface area contributed by atoms with Gasteiger partial charge in [-0.25, -0.2) is 13.8 Å². The highest BCUT2D eigenvalue weighted by Crippen LogP contribution is 2.32. The molecule has 0 unspecified atom stereocenters. The molecular formula is C24H21ClF2N4O4. The lowest BCUT2D eigenvalue weighted by molar-refractivity contribution is 0.279. The molecule has 11 heteroatoms. The SMILES string of the molecule is COc1cc2nc(Cc3cnc4c5cc(F)cc(F)c5n(CCO)c4c3)[nH]c(=O)c2cc1OC.Cl. The van der Waals surface area contributed by atoms with Gasteiger partial charge in [-0.15, -0.1) is 12.4 Å². The molecule has 2 N–H and O–H groups in total. The molecule has 182 valence electrons. The number of aliphatic hydroxyl groups is 1. The minimum absolute atomic E-state index is 0. The molecule has 0 bridgehead atoms. The molecule has 0 spiro atoms. The fourth-order valence-electron chi connectivity index (χ4n) is 4.27. The van der Waals surface area contributed by atoms with Gasteiger partial charge >= 0.3 is 0 Å². The van der Waals surface area contributed by atoms with Gasteiger partial charge in [0.05, 0.1) is 48.3 Å². The zero-order valence-electron chi connectivity index (χ0n) is 18.8. The lowest BCUT2D eigenvalue weighted by Crippen LogP contribution is -2.13. The van der Waals surface area contributed by atoms with Crippen LogP contribution in [0, 0.1) is 11.6 Å². The maximum Gasteiger partial charge on any atom is 0.258 e. The summed E-state index contributed by atoms with van der Waals surface area (Å²) in [5.74, 6) is -0.167. The second-order valence-electron chi connectivity index (χ2n) is 7.78. The molecule has 5 aromatic rings. The number of benzene rings is 2. The van der Waals surface area contributed by atoms with Gasteiger partial charge in [-0.3, -0.25) is 9.78 Å². The normalized spacial score (nSPS) is 11.2. The summed E-state index contributed by atoms with van der Waals surface area (Å²) in [5, 5.41) is 10.2. The van der Waals surface area contributed by atoms with Crippen LogP contribution in [0.4, 0.5) is 8.78 Å². The monoisotopic (exact) mass is 502 g/mol. The first-order chi connectivity index (χ1) is 16.4. The molecule has 0 saturated heterocycles. The summed E-state index contributed by atoms with van der Waals surface area (Å²) >= 11 is 0. The summed E-state index contributed by atoms with van der Waals surface area (Å²) < 4.78 is 40.6. The number of rotatable bonds is 6. The number of hydrogen-bond acceptors (Lipinski definition) is 6. The number of aromatic amines is 1. The van der Waals surface area contributed by atoms with E-state index in [0.717, 1.165) is 6.07 Å². The zero-order valence-corrected chi connectivity index (χ0v) is 19.6. The molecule has 0 aliphatic heterocycles. The minimum atomic E-state index is -0.729. The van der Waals surface area contributed by atoms with E-state index in [9.17, 15) is 18.7 Å². The highest BCUT2D eigenvalue weighted by molar-refractivity contribution is 6.06. The maximum absolute atomic E-state index is 14.6. The standard InChI is InChI=1S/C24H20F2N4O4.ClH/c1-33-19-9-14-17(10-20(19)34-2)28-21(29-24(14)32)6-12-5-18-22(27-11-12)15-7-13(25)8-16(26)23(15)30(18)3-4-31;/h5,7-11,31H,3-4,6H2,1-2H3,(H,28,29,32);1H. The fraction of sp³-hybridized carbons (Fsp3) is 0.208. The van der Waals surface area contributed by atoms with E-state index in [1.54, 1.807) is 29.0 Å². The maximum atomic E-state index is 14.6. The number of ether oxygens (including phenoxy) is 2. The van der Waals surface area contributed by atoms with E-state index in [-0.39, 0.29) is 43.1 Å². The van der Waals surface area contributed by atoms with Crippen LogP contribution in [-0.2, 0) is 13.0 Å². The van der Waals surface area contributed by atoms with Crippen LogP contribution in [0.2, 0.25) is 0 Å². The van der Waals surface area contributed by atoms with Crippen molar-refractivity contribution in [1.82, 2.24) is 19.5 Å². The number of nitrogens with one attached hydrogen (secondary N) is 1. The van der Waals surface area contributed by atoms with Gasteiger partial charge in [0.2, 0.25) is 0 Å². The van der Waals surface area contributed by atoms with Crippen LogP contribution in [0.3, 0.4) is 0 Å². The number of aromatic nitrogens is 4. The first kappa shape index (κ1) is 24.4. The predicted molar refractivity (Wildman–Crippen MR) is 130 cm³/mol. The van der Waals surface area contributed by atoms with E-state index in [2.05, 4.69) is 15.0 Å². The Morgan fingerprint density at radius 1 is 1.06 bits per heavy atom. The highest BCUT2D eigenvalue weighted by atomic mass is 35.5. The Morgan fingerprint density at radius 2 is 1.80 bits per heavy atom. The van der Waals surface area contributed by atoms with Crippen molar-refractivity contribution in [3.63, 3.8) is 0 Å². The first-order valence-electron chi connectivity index (χ1n) is 10.4. The van der Waals surface area contributed by atoms with Crippen LogP contribution >= 0.6 is 12.4 Å². The number of methoxy groups -OCH3 is 2. The summed E-state index contributed by atoms with van der Waals surface area (Å²) in [6, 6.07) is 7.01. The van der Waals surface area contributed by atoms with Crippen molar-refractivity contribution in [2.75, 3.05) is 20.8 Å². The third-order valence-corrected chi connectivity index (χ3v) is 5.72. The van der Waals surface area contributed by atoms with Gasteiger partial charge in [-0.05, 0) is 23.8 Å². The predicted octanol–water partition coefficient (Wildman–Crippen LogP) is 3.73. The quantitative estimate of drug-likeness (QED) is 0.367. The fourth-order valence-corrected chi connectivity index (χ4v) is 4.27. The molecule has 35 heavy (non-hydrogen) atoms. The van der Waals surface area contributed by atoms with Crippen molar-refractivity contribution in [3.8, 4) is 11.5 Å². The van der Waals surface area contributed by atoms with E-state index < -0.39 is 11.6 Å². The van der Waals surface area contributed by atoms with Gasteiger partial charge in [0.25, 0.3) is 5.56 Å². The smallest absolute Gasteiger partial charge is 0.258 e. The van der Waals surface area contributed by atoms with Gasteiger partial charge in [-0.2, -0.15) is 0 Å². The van der Waals surface area contributed by atoms with Gasteiger partial charge in [0, 0.05) is 36.7 Å². The number of aliphatic hydroxyl groups excluding tert-OH is 1. The number of H-pyrrole nitrogens is 1. The molecule has 0 fully saturated rings. The molecular weight excluding hydrogens is 482 g/mol. The molecule has 0 saturated carbocycles. The Hall–Kier alpha value is -3.76. The second kappa shape index (κ2) is 9.47. The van der Waals surface area contributed by atoms with Gasteiger partial charge in [-0.1, -0.05) is 0 Å². The largest absolute Gasteiger partial charge is 0.493 e. The van der Waals surface area contributed by atoms with Crippen molar-refractivity contribution in [2.45, 2.75) is 13.0 Å². The third kappa shape index (κ3) is 4.15. The highest BCUT2D eigenvalue weighted by Gasteiger charge is 2.18. The Labute approximate surface area is 203 Å². The minimum Gasteiger partial charge on any atom is -0.493 e. The average Bonchev–Trinajstić information content (AvgIpc) is 3.11. The molecule has 8 nitrogen and oxygen atoms in total. The third-order valence-electron chi connectivity index (χ3n) is 5.72. The van der Waals surface area contributed by atoms with Crippen LogP contribution in [0.15, 0.2) is 41.3 Å². The van der Waals surface area contributed by atoms with Crippen molar-refractivity contribution < 1.29 is 23.4 Å². The molecule has 0 aliphatic rings. The summed E-state index contributed by atoms with van der Waals surface area (Å²) in [7, 11) is 2.98. The van der Waals surface area contributed by atoms with Gasteiger partial charge in [0.1, 0.15) is 17.5 Å². The van der Waals surface area contributed by atoms with E-state index in [0.29, 0.717) is 50.2 Å². The molecule has 3 heterocycles. The summed E-state index contributed by atoms with van der Waals surface area (Å²) in [6.45, 7) is -0.120. The number of pyridine rings is 1. The first-order valence-corrected chi connectivity index (χ1v) is 10.4. The van der Waals surface area contributed by atoms with Crippen molar-refractivity contribution in [1.29, 1.82) is 0 Å². The number of halogens is 3. The Kier molecular flexibility index (Phi) is 6.60. The number of fused-ring (bicyclic) bond motifs is 4. The zero-order chi connectivity index (χ0) is 24.0. The molecule has 0 atom stereocenters. The molecule has 0 radical (unpaired) electrons. The second-order valence-corrected chi connectivity index (χ2v) is 7.78. The van der Waals surface area contributed by atoms with Crippen molar-refractivity contribution in [2.24, 2.45) is 0 Å². The molecule has 2 aromatic carbocycles. The molecule has 3 aromatic heterocycles. The van der Waals surface area contributed by atoms with Crippen molar-refractivity contribution >= 4 is 45.2 Å². The van der Waals surface area contributed by atoms with Crippen LogP contribution in [0.25, 0.3) is 32.8 Å². The summed E-state index contributed by atoms with van der Waals surface area (Å²) in [6.07, 6.45) is 1.81. The van der Waals surface area contributed by atoms with E-state index in [4.69, 9.17) is 9.47 Å². The van der Waals surface area contributed by atoms with Crippen LogP contribution in [0.5, 0.6) is 11.5 Å². The lowest BCUT2D eigenvalue weighted by Gasteiger charge is -2.10. The van der Waals surface area contributed by atoms with Crippen LogP contribution in [-0.4, -0.2) is 45.5 Å². The topological polar surface area (TPSA) is 102 Å². The molecule has 0 aliphatic carbocycles. The van der Waals surface area contributed by atoms with E-state index in [1.165, 1.54) is 20.3 Å². The Balaban J connectivity index is 0.00000289. The van der Waals surface area contributed by atoms with E-state index in [1.807, 2.05) is 0 Å². The molecule has 0 amide bonds. The van der Waals surface area contributed by atoms with E-state index >= 15 is 0 Å². The number of hydrogen-bond donors (Lipinski definition) is 2. The van der Waals surface area contributed by atoms with Gasteiger partial charge in [0.15, 0.2) is 11.5 Å². The molecule has 5 rings (SSSR count). The number of nitrogens with zero attached hydrogens (tertiary/aromatic N) is 3. The van der Waals surface area contributed by atoms with Crippen LogP contribution < -0.4 is 15.0 Å². The Morgan fingerprint density at radius 3 is 2.51 bits per heavy atom. The summed E-state index contributed by atoms with van der Waals surface area (Å²) in [4.78, 5) is 24.4. The van der Waals surface area contributed by atoms with Crippen LogP contribution in [0.1, 0.15) is 11.4 Å².